The molecule has 6 rings (SSSR count). The van der Waals surface area contributed by atoms with E-state index < -0.39 is 0 Å². The topological polar surface area (TPSA) is 55.3 Å². The quantitative estimate of drug-likeness (QED) is 0.620. The molecular weight excluding hydrogens is 415 g/mol. The van der Waals surface area contributed by atoms with Crippen molar-refractivity contribution in [1.82, 2.24) is 9.88 Å². The standard InChI is InChI=1S/C27H29FN4O/c28-21-14-20-7-12-33-27(20)26(15-21)32-10-8-31(9-11-32)22-4-2-19(3-5-22)24-17-30-25-6-1-18(16-29)13-23(24)25/h1,6,13-15,17,19,22,30H,2-5,7-12H2. The van der Waals surface area contributed by atoms with E-state index in [2.05, 4.69) is 27.0 Å². The molecule has 6 heteroatoms. The Bertz CT molecular complexity index is 1210. The Hall–Kier alpha value is -3.04. The van der Waals surface area contributed by atoms with Gasteiger partial charge >= 0.3 is 0 Å². The molecule has 2 fully saturated rings. The van der Waals surface area contributed by atoms with Crippen LogP contribution in [0.25, 0.3) is 10.9 Å². The lowest BCUT2D eigenvalue weighted by atomic mass is 9.81. The molecule has 5 nitrogen and oxygen atoms in total. The van der Waals surface area contributed by atoms with Crippen molar-refractivity contribution in [2.45, 2.75) is 44.1 Å². The van der Waals surface area contributed by atoms with Crippen LogP contribution in [0.3, 0.4) is 0 Å². The molecule has 3 aromatic rings. The molecule has 3 aliphatic rings. The molecule has 0 radical (unpaired) electrons. The van der Waals surface area contributed by atoms with Gasteiger partial charge in [0.15, 0.2) is 0 Å². The largest absolute Gasteiger partial charge is 0.491 e. The second-order valence-electron chi connectivity index (χ2n) is 9.66. The summed E-state index contributed by atoms with van der Waals surface area (Å²) in [6.45, 7) is 4.51. The van der Waals surface area contributed by atoms with Gasteiger partial charge in [0.1, 0.15) is 11.6 Å². The molecule has 1 N–H and O–H groups in total. The number of aromatic amines is 1. The van der Waals surface area contributed by atoms with E-state index >= 15 is 0 Å². The first-order chi connectivity index (χ1) is 16.2. The Balaban J connectivity index is 1.09. The fraction of sp³-hybridized carbons (Fsp3) is 0.444. The number of ether oxygens (including phenoxy) is 1. The molecule has 0 atom stereocenters. The normalized spacial score (nSPS) is 23.3. The van der Waals surface area contributed by atoms with Crippen LogP contribution in [0.1, 0.15) is 48.3 Å². The Labute approximate surface area is 193 Å². The molecule has 3 heterocycles. The van der Waals surface area contributed by atoms with Crippen LogP contribution in [0.5, 0.6) is 5.75 Å². The maximum absolute atomic E-state index is 14.1. The van der Waals surface area contributed by atoms with Crippen molar-refractivity contribution in [3.8, 4) is 11.8 Å². The molecule has 0 bridgehead atoms. The highest BCUT2D eigenvalue weighted by atomic mass is 19.1. The monoisotopic (exact) mass is 444 g/mol. The molecule has 1 aliphatic carbocycles. The van der Waals surface area contributed by atoms with Gasteiger partial charge in [0.2, 0.25) is 0 Å². The van der Waals surface area contributed by atoms with Crippen LogP contribution in [0, 0.1) is 17.1 Å². The van der Waals surface area contributed by atoms with Gasteiger partial charge in [-0.1, -0.05) is 0 Å². The zero-order valence-corrected chi connectivity index (χ0v) is 18.8. The highest BCUT2D eigenvalue weighted by Gasteiger charge is 2.31. The third-order valence-corrected chi connectivity index (χ3v) is 7.88. The van der Waals surface area contributed by atoms with E-state index in [0.717, 1.165) is 60.7 Å². The molecule has 33 heavy (non-hydrogen) atoms. The van der Waals surface area contributed by atoms with Gasteiger partial charge in [-0.2, -0.15) is 5.26 Å². The predicted octanol–water partition coefficient (Wildman–Crippen LogP) is 4.96. The highest BCUT2D eigenvalue weighted by molar-refractivity contribution is 5.85. The highest BCUT2D eigenvalue weighted by Crippen LogP contribution is 2.40. The maximum Gasteiger partial charge on any atom is 0.146 e. The number of aromatic nitrogens is 1. The first-order valence-corrected chi connectivity index (χ1v) is 12.1. The van der Waals surface area contributed by atoms with Crippen molar-refractivity contribution in [3.05, 3.63) is 59.0 Å². The van der Waals surface area contributed by atoms with Crippen molar-refractivity contribution in [3.63, 3.8) is 0 Å². The zero-order valence-electron chi connectivity index (χ0n) is 18.8. The molecule has 2 aliphatic heterocycles. The smallest absolute Gasteiger partial charge is 0.146 e. The zero-order chi connectivity index (χ0) is 22.4. The third kappa shape index (κ3) is 3.75. The fourth-order valence-corrected chi connectivity index (χ4v) is 6.11. The number of hydrogen-bond donors (Lipinski definition) is 1. The summed E-state index contributed by atoms with van der Waals surface area (Å²) in [5.41, 5.74) is 5.15. The second kappa shape index (κ2) is 8.39. The summed E-state index contributed by atoms with van der Waals surface area (Å²) in [6, 6.07) is 12.1. The van der Waals surface area contributed by atoms with Crippen molar-refractivity contribution in [2.24, 2.45) is 0 Å². The predicted molar refractivity (Wildman–Crippen MR) is 127 cm³/mol. The Morgan fingerprint density at radius 3 is 2.64 bits per heavy atom. The van der Waals surface area contributed by atoms with Gasteiger partial charge in [0.05, 0.1) is 23.9 Å². The number of nitriles is 1. The van der Waals surface area contributed by atoms with E-state index in [1.165, 1.54) is 36.6 Å². The molecule has 170 valence electrons. The van der Waals surface area contributed by atoms with Gasteiger partial charge in [0.25, 0.3) is 0 Å². The van der Waals surface area contributed by atoms with Crippen LogP contribution in [0.15, 0.2) is 36.5 Å². The minimum absolute atomic E-state index is 0.158. The van der Waals surface area contributed by atoms with Crippen molar-refractivity contribution >= 4 is 16.6 Å². The molecule has 0 amide bonds. The van der Waals surface area contributed by atoms with Crippen LogP contribution in [0.2, 0.25) is 0 Å². The van der Waals surface area contributed by atoms with Crippen molar-refractivity contribution in [2.75, 3.05) is 37.7 Å². The summed E-state index contributed by atoms with van der Waals surface area (Å²) in [7, 11) is 0. The number of anilines is 1. The number of nitrogens with one attached hydrogen (secondary N) is 1. The number of fused-ring (bicyclic) bond motifs is 2. The summed E-state index contributed by atoms with van der Waals surface area (Å²) < 4.78 is 20.0. The molecular formula is C27H29FN4O. The average Bonchev–Trinajstić information content (AvgIpc) is 3.50. The van der Waals surface area contributed by atoms with E-state index in [1.54, 1.807) is 12.1 Å². The minimum atomic E-state index is -0.158. The summed E-state index contributed by atoms with van der Waals surface area (Å²) in [6.07, 6.45) is 7.72. The van der Waals surface area contributed by atoms with E-state index in [0.29, 0.717) is 18.6 Å². The molecule has 0 spiro atoms. The number of piperazine rings is 1. The third-order valence-electron chi connectivity index (χ3n) is 7.88. The molecule has 1 saturated heterocycles. The van der Waals surface area contributed by atoms with Crippen LogP contribution >= 0.6 is 0 Å². The summed E-state index contributed by atoms with van der Waals surface area (Å²) in [5.74, 6) is 1.29. The lowest BCUT2D eigenvalue weighted by Crippen LogP contribution is -2.51. The van der Waals surface area contributed by atoms with Crippen LogP contribution in [0.4, 0.5) is 10.1 Å². The Morgan fingerprint density at radius 1 is 1.03 bits per heavy atom. The van der Waals surface area contributed by atoms with Gasteiger partial charge in [-0.3, -0.25) is 4.90 Å². The number of benzene rings is 2. The van der Waals surface area contributed by atoms with Gasteiger partial charge in [-0.15, -0.1) is 0 Å². The van der Waals surface area contributed by atoms with Gasteiger partial charge in [-0.05, 0) is 61.4 Å². The van der Waals surface area contributed by atoms with Crippen LogP contribution in [-0.4, -0.2) is 48.7 Å². The number of H-pyrrole nitrogens is 1. The first kappa shape index (κ1) is 20.6. The number of hydrogen-bond acceptors (Lipinski definition) is 4. The van der Waals surface area contributed by atoms with Gasteiger partial charge < -0.3 is 14.6 Å². The molecule has 1 saturated carbocycles. The SMILES string of the molecule is N#Cc1ccc2[nH]cc(C3CCC(N4CCN(c5cc(F)cc6c5OCC6)CC4)CC3)c2c1. The summed E-state index contributed by atoms with van der Waals surface area (Å²) in [4.78, 5) is 8.33. The summed E-state index contributed by atoms with van der Waals surface area (Å²) in [5, 5.41) is 10.5. The van der Waals surface area contributed by atoms with E-state index in [9.17, 15) is 9.65 Å². The summed E-state index contributed by atoms with van der Waals surface area (Å²) >= 11 is 0. The fourth-order valence-electron chi connectivity index (χ4n) is 6.11. The van der Waals surface area contributed by atoms with Gasteiger partial charge in [-0.25, -0.2) is 4.39 Å². The van der Waals surface area contributed by atoms with Crippen molar-refractivity contribution < 1.29 is 9.13 Å². The molecule has 0 unspecified atom stereocenters. The van der Waals surface area contributed by atoms with Gasteiger partial charge in [0, 0.05) is 67.4 Å². The second-order valence-corrected chi connectivity index (χ2v) is 9.66. The molecule has 2 aromatic carbocycles. The number of nitrogens with zero attached hydrogens (tertiary/aromatic N) is 3. The van der Waals surface area contributed by atoms with E-state index in [4.69, 9.17) is 4.74 Å². The number of rotatable bonds is 3. The molecule has 1 aromatic heterocycles. The van der Waals surface area contributed by atoms with E-state index in [-0.39, 0.29) is 5.82 Å². The lowest BCUT2D eigenvalue weighted by Gasteiger charge is -2.43. The number of halogens is 1. The lowest BCUT2D eigenvalue weighted by molar-refractivity contribution is 0.141. The first-order valence-electron chi connectivity index (χ1n) is 12.1. The van der Waals surface area contributed by atoms with Crippen LogP contribution < -0.4 is 9.64 Å². The van der Waals surface area contributed by atoms with E-state index in [1.807, 2.05) is 18.2 Å². The average molecular weight is 445 g/mol. The van der Waals surface area contributed by atoms with Crippen molar-refractivity contribution in [1.29, 1.82) is 5.26 Å². The minimum Gasteiger partial charge on any atom is -0.491 e. The Kier molecular flexibility index (Phi) is 5.22. The maximum atomic E-state index is 14.1. The van der Waals surface area contributed by atoms with Crippen LogP contribution in [-0.2, 0) is 6.42 Å². The Morgan fingerprint density at radius 2 is 1.85 bits per heavy atom.